The number of primary amides is 1. The van der Waals surface area contributed by atoms with Gasteiger partial charge in [-0.05, 0) is 24.0 Å². The first-order valence-electron chi connectivity index (χ1n) is 12.3. The molecule has 13 heteroatoms. The van der Waals surface area contributed by atoms with Crippen LogP contribution in [0.25, 0.3) is 10.9 Å². The number of para-hydroxylation sites is 1. The number of nitrogens with two attached hydrogens (primary N) is 2. The van der Waals surface area contributed by atoms with Crippen LogP contribution >= 0.6 is 12.6 Å². The second-order valence-electron chi connectivity index (χ2n) is 9.19. The Bertz CT molecular complexity index is 1150. The van der Waals surface area contributed by atoms with Crippen molar-refractivity contribution in [1.82, 2.24) is 20.9 Å². The first kappa shape index (κ1) is 30.6. The van der Waals surface area contributed by atoms with Crippen LogP contribution in [0.5, 0.6) is 0 Å². The summed E-state index contributed by atoms with van der Waals surface area (Å²) in [5.41, 5.74) is 12.4. The van der Waals surface area contributed by atoms with Crippen molar-refractivity contribution in [2.45, 2.75) is 63.7 Å². The molecule has 2 aromatic rings. The number of carboxylic acids is 1. The molecule has 4 amide bonds. The first-order valence-corrected chi connectivity index (χ1v) is 12.9. The van der Waals surface area contributed by atoms with Crippen molar-refractivity contribution >= 4 is 53.1 Å². The minimum atomic E-state index is -1.39. The Morgan fingerprint density at radius 2 is 1.68 bits per heavy atom. The van der Waals surface area contributed by atoms with Crippen molar-refractivity contribution in [3.63, 3.8) is 0 Å². The lowest BCUT2D eigenvalue weighted by atomic mass is 9.96. The van der Waals surface area contributed by atoms with Crippen molar-refractivity contribution < 1.29 is 29.1 Å². The summed E-state index contributed by atoms with van der Waals surface area (Å²) >= 11 is 4.02. The van der Waals surface area contributed by atoms with Crippen LogP contribution in [0, 0.1) is 5.92 Å². The molecular weight excluding hydrogens is 512 g/mol. The fourth-order valence-electron chi connectivity index (χ4n) is 3.85. The molecule has 1 aromatic carbocycles. The average molecular weight is 549 g/mol. The number of carbonyl (C=O) groups is 5. The number of hydrogen-bond donors (Lipinski definition) is 8. The molecule has 38 heavy (non-hydrogen) atoms. The molecule has 0 radical (unpaired) electrons. The lowest BCUT2D eigenvalue weighted by Crippen LogP contribution is -2.59. The van der Waals surface area contributed by atoms with E-state index in [1.807, 2.05) is 31.2 Å². The number of aromatic nitrogens is 1. The molecule has 0 fully saturated rings. The Morgan fingerprint density at radius 3 is 2.29 bits per heavy atom. The highest BCUT2D eigenvalue weighted by Gasteiger charge is 2.33. The number of rotatable bonds is 15. The third-order valence-electron chi connectivity index (χ3n) is 6.35. The lowest BCUT2D eigenvalue weighted by molar-refractivity contribution is -0.142. The molecular formula is C25H36N6O6S. The molecule has 1 heterocycles. The number of carboxylic acid groups (broad SMARTS) is 1. The first-order chi connectivity index (χ1) is 18.0. The van der Waals surface area contributed by atoms with Gasteiger partial charge in [-0.15, -0.1) is 0 Å². The Balaban J connectivity index is 2.34. The standard InChI is InChI=1S/C25H36N6O6S/c1-3-13(2)21(31-22(33)16(26)12-38)24(35)30-19(10-14-11-28-17-7-5-4-6-15(14)17)23(34)29-18(25(36)37)8-9-20(27)32/h4-7,11,13,16,18-19,21,28,38H,3,8-10,12,26H2,1-2H3,(H2,27,32)(H,29,34)(H,30,35)(H,31,33)(H,36,37). The average Bonchev–Trinajstić information content (AvgIpc) is 3.30. The van der Waals surface area contributed by atoms with Crippen LogP contribution in [-0.2, 0) is 30.4 Å². The molecule has 12 nitrogen and oxygen atoms in total. The van der Waals surface area contributed by atoms with Crippen LogP contribution in [0.1, 0.15) is 38.7 Å². The quantitative estimate of drug-likeness (QED) is 0.141. The zero-order chi connectivity index (χ0) is 28.4. The predicted octanol–water partition coefficient (Wildman–Crippen LogP) is -0.182. The maximum atomic E-state index is 13.4. The van der Waals surface area contributed by atoms with E-state index in [9.17, 15) is 29.1 Å². The topological polar surface area (TPSA) is 209 Å². The van der Waals surface area contributed by atoms with Gasteiger partial charge in [-0.3, -0.25) is 19.2 Å². The molecule has 0 aliphatic heterocycles. The van der Waals surface area contributed by atoms with Crippen LogP contribution in [-0.4, -0.2) is 69.6 Å². The van der Waals surface area contributed by atoms with Gasteiger partial charge in [0, 0.05) is 35.7 Å². The summed E-state index contributed by atoms with van der Waals surface area (Å²) in [6, 6.07) is 2.87. The third kappa shape index (κ3) is 8.48. The molecule has 1 aromatic heterocycles. The Labute approximate surface area is 226 Å². The Kier molecular flexibility index (Phi) is 11.6. The van der Waals surface area contributed by atoms with E-state index in [0.717, 1.165) is 10.9 Å². The van der Waals surface area contributed by atoms with Crippen molar-refractivity contribution in [2.24, 2.45) is 17.4 Å². The zero-order valence-corrected chi connectivity index (χ0v) is 22.3. The number of aliphatic carboxylic acids is 1. The number of carbonyl (C=O) groups excluding carboxylic acids is 4. The van der Waals surface area contributed by atoms with Gasteiger partial charge < -0.3 is 37.5 Å². The van der Waals surface area contributed by atoms with Gasteiger partial charge >= 0.3 is 5.97 Å². The molecule has 0 saturated carbocycles. The fourth-order valence-corrected chi connectivity index (χ4v) is 4.02. The molecule has 9 N–H and O–H groups in total. The van der Waals surface area contributed by atoms with E-state index in [0.29, 0.717) is 12.0 Å². The minimum Gasteiger partial charge on any atom is -0.480 e. The van der Waals surface area contributed by atoms with Crippen LogP contribution < -0.4 is 27.4 Å². The molecule has 5 atom stereocenters. The summed E-state index contributed by atoms with van der Waals surface area (Å²) in [7, 11) is 0. The highest BCUT2D eigenvalue weighted by atomic mass is 32.1. The minimum absolute atomic E-state index is 0.0288. The number of H-pyrrole nitrogens is 1. The maximum Gasteiger partial charge on any atom is 0.326 e. The highest BCUT2D eigenvalue weighted by molar-refractivity contribution is 7.80. The number of aromatic amines is 1. The van der Waals surface area contributed by atoms with Crippen molar-refractivity contribution in [3.05, 3.63) is 36.0 Å². The summed E-state index contributed by atoms with van der Waals surface area (Å²) in [4.78, 5) is 65.1. The number of fused-ring (bicyclic) bond motifs is 1. The van der Waals surface area contributed by atoms with Gasteiger partial charge in [0.15, 0.2) is 0 Å². The summed E-state index contributed by atoms with van der Waals surface area (Å²) in [5, 5.41) is 18.1. The van der Waals surface area contributed by atoms with Crippen molar-refractivity contribution in [1.29, 1.82) is 0 Å². The Morgan fingerprint density at radius 1 is 1.03 bits per heavy atom. The summed E-state index contributed by atoms with van der Waals surface area (Å²) < 4.78 is 0. The van der Waals surface area contributed by atoms with Gasteiger partial charge in [0.05, 0.1) is 6.04 Å². The van der Waals surface area contributed by atoms with Gasteiger partial charge in [-0.2, -0.15) is 12.6 Å². The summed E-state index contributed by atoms with van der Waals surface area (Å²) in [6.07, 6.45) is 1.82. The van der Waals surface area contributed by atoms with E-state index in [1.54, 1.807) is 13.1 Å². The maximum absolute atomic E-state index is 13.4. The monoisotopic (exact) mass is 548 g/mol. The van der Waals surface area contributed by atoms with Gasteiger partial charge in [0.2, 0.25) is 23.6 Å². The smallest absolute Gasteiger partial charge is 0.326 e. The normalized spacial score (nSPS) is 15.1. The largest absolute Gasteiger partial charge is 0.480 e. The van der Waals surface area contributed by atoms with Crippen LogP contribution in [0.4, 0.5) is 0 Å². The molecule has 2 rings (SSSR count). The van der Waals surface area contributed by atoms with Gasteiger partial charge in [-0.25, -0.2) is 4.79 Å². The van der Waals surface area contributed by atoms with E-state index in [1.165, 1.54) is 0 Å². The molecule has 0 aliphatic carbocycles. The van der Waals surface area contributed by atoms with Crippen LogP contribution in [0.2, 0.25) is 0 Å². The SMILES string of the molecule is CCC(C)C(NC(=O)C(N)CS)C(=O)NC(Cc1c[nH]c2ccccc12)C(=O)NC(CCC(N)=O)C(=O)O. The molecule has 0 bridgehead atoms. The second-order valence-corrected chi connectivity index (χ2v) is 9.56. The number of thiol groups is 1. The molecule has 0 spiro atoms. The lowest BCUT2D eigenvalue weighted by Gasteiger charge is -2.28. The van der Waals surface area contributed by atoms with E-state index in [-0.39, 0.29) is 30.9 Å². The summed E-state index contributed by atoms with van der Waals surface area (Å²) in [6.45, 7) is 3.62. The van der Waals surface area contributed by atoms with Crippen LogP contribution in [0.3, 0.4) is 0 Å². The van der Waals surface area contributed by atoms with E-state index in [2.05, 4.69) is 33.6 Å². The van der Waals surface area contributed by atoms with Gasteiger partial charge in [0.1, 0.15) is 18.1 Å². The highest BCUT2D eigenvalue weighted by Crippen LogP contribution is 2.20. The van der Waals surface area contributed by atoms with Crippen molar-refractivity contribution in [3.8, 4) is 0 Å². The van der Waals surface area contributed by atoms with E-state index < -0.39 is 53.8 Å². The number of hydrogen-bond acceptors (Lipinski definition) is 7. The molecule has 5 unspecified atom stereocenters. The van der Waals surface area contributed by atoms with Gasteiger partial charge in [-0.1, -0.05) is 38.5 Å². The number of benzene rings is 1. The van der Waals surface area contributed by atoms with Crippen molar-refractivity contribution in [2.75, 3.05) is 5.75 Å². The van der Waals surface area contributed by atoms with E-state index >= 15 is 0 Å². The molecule has 208 valence electrons. The molecule has 0 aliphatic rings. The van der Waals surface area contributed by atoms with E-state index in [4.69, 9.17) is 11.5 Å². The van der Waals surface area contributed by atoms with Gasteiger partial charge in [0.25, 0.3) is 0 Å². The third-order valence-corrected chi connectivity index (χ3v) is 6.75. The Hall–Kier alpha value is -3.58. The number of amides is 4. The number of nitrogens with one attached hydrogen (secondary N) is 4. The van der Waals surface area contributed by atoms with Crippen LogP contribution in [0.15, 0.2) is 30.5 Å². The second kappa shape index (κ2) is 14.4. The molecule has 0 saturated heterocycles. The summed E-state index contributed by atoms with van der Waals surface area (Å²) in [5.74, 6) is -4.22. The zero-order valence-electron chi connectivity index (χ0n) is 21.4. The fraction of sp³-hybridized carbons (Fsp3) is 0.480. The predicted molar refractivity (Wildman–Crippen MR) is 145 cm³/mol.